The molecule has 0 aliphatic carbocycles. The first-order chi connectivity index (χ1) is 45.6. The molecular formula is C82H61N3O. The van der Waals surface area contributed by atoms with Gasteiger partial charge in [-0.3, -0.25) is 0 Å². The third-order valence-electron chi connectivity index (χ3n) is 16.3. The minimum absolute atomic E-state index is 0.00362. The van der Waals surface area contributed by atoms with Crippen molar-refractivity contribution in [2.75, 3.05) is 9.80 Å². The van der Waals surface area contributed by atoms with Crippen LogP contribution in [-0.2, 0) is 5.41 Å². The lowest BCUT2D eigenvalue weighted by Gasteiger charge is -2.35. The van der Waals surface area contributed by atoms with E-state index in [2.05, 4.69) is 206 Å². The summed E-state index contributed by atoms with van der Waals surface area (Å²) in [6.45, 7) is 6.69. The van der Waals surface area contributed by atoms with Crippen LogP contribution in [0.25, 0.3) is 105 Å². The van der Waals surface area contributed by atoms with Gasteiger partial charge in [0.2, 0.25) is 0 Å². The number of furan rings is 1. The van der Waals surface area contributed by atoms with Crippen LogP contribution in [0.5, 0.6) is 0 Å². The number of hydrogen-bond acceptors (Lipinski definition) is 3. The van der Waals surface area contributed by atoms with Gasteiger partial charge in [0, 0.05) is 72.2 Å². The minimum atomic E-state index is -0.503. The third-order valence-corrected chi connectivity index (χ3v) is 16.3. The van der Waals surface area contributed by atoms with Gasteiger partial charge in [-0.15, -0.1) is 0 Å². The summed E-state index contributed by atoms with van der Waals surface area (Å²) in [5, 5.41) is 2.08. The number of benzene rings is 13. The molecule has 15 aromatic rings. The van der Waals surface area contributed by atoms with Gasteiger partial charge in [-0.25, -0.2) is 0 Å². The van der Waals surface area contributed by atoms with Crippen LogP contribution in [0.2, 0.25) is 0 Å². The Balaban J connectivity index is 1.07. The lowest BCUT2D eigenvalue weighted by molar-refractivity contribution is 0.590. The molecule has 0 fully saturated rings. The highest BCUT2D eigenvalue weighted by Crippen LogP contribution is 2.53. The van der Waals surface area contributed by atoms with E-state index < -0.39 is 41.7 Å². The Hall–Kier alpha value is -10.9. The summed E-state index contributed by atoms with van der Waals surface area (Å²) in [5.74, 6) is 0. The second-order valence-electron chi connectivity index (χ2n) is 22.7. The predicted octanol–water partition coefficient (Wildman–Crippen LogP) is 23.3. The van der Waals surface area contributed by atoms with E-state index in [0.717, 1.165) is 112 Å². The molecular weight excluding hydrogens is 1040 g/mol. The second kappa shape index (κ2) is 21.7. The molecule has 410 valence electrons. The van der Waals surface area contributed by atoms with Crippen molar-refractivity contribution in [3.63, 3.8) is 0 Å². The van der Waals surface area contributed by atoms with Crippen LogP contribution in [-0.4, -0.2) is 4.57 Å². The molecule has 0 saturated heterocycles. The number of rotatable bonds is 12. The van der Waals surface area contributed by atoms with Crippen LogP contribution >= 0.6 is 0 Å². The molecule has 0 atom stereocenters. The number of fused-ring (bicyclic) bond motifs is 6. The van der Waals surface area contributed by atoms with Crippen molar-refractivity contribution in [1.29, 1.82) is 0 Å². The summed E-state index contributed by atoms with van der Waals surface area (Å²) in [6, 6.07) is 89.0. The van der Waals surface area contributed by atoms with Gasteiger partial charge >= 0.3 is 0 Å². The minimum Gasteiger partial charge on any atom is -0.456 e. The van der Waals surface area contributed by atoms with Gasteiger partial charge in [-0.2, -0.15) is 0 Å². The molecule has 4 nitrogen and oxygen atoms in total. The van der Waals surface area contributed by atoms with Crippen LogP contribution in [0.4, 0.5) is 34.1 Å². The van der Waals surface area contributed by atoms with E-state index in [0.29, 0.717) is 11.4 Å². The molecule has 2 aromatic heterocycles. The zero-order valence-electron chi connectivity index (χ0n) is 55.7. The Morgan fingerprint density at radius 3 is 1.26 bits per heavy atom. The largest absolute Gasteiger partial charge is 0.456 e. The Morgan fingerprint density at radius 1 is 0.326 bits per heavy atom. The monoisotopic (exact) mass is 1110 g/mol. The van der Waals surface area contributed by atoms with Gasteiger partial charge in [-0.1, -0.05) is 257 Å². The average molecular weight is 1110 g/mol. The Morgan fingerprint density at radius 2 is 0.744 bits per heavy atom. The van der Waals surface area contributed by atoms with Gasteiger partial charge in [0.25, 0.3) is 0 Å². The number of aromatic nitrogens is 1. The predicted molar refractivity (Wildman–Crippen MR) is 363 cm³/mol. The highest BCUT2D eigenvalue weighted by molar-refractivity contribution is 6.10. The van der Waals surface area contributed by atoms with Crippen molar-refractivity contribution in [1.82, 2.24) is 4.57 Å². The van der Waals surface area contributed by atoms with E-state index in [-0.39, 0.29) is 33.9 Å². The Kier molecular flexibility index (Phi) is 11.0. The Bertz CT molecular complexity index is 5280. The fourth-order valence-electron chi connectivity index (χ4n) is 12.3. The van der Waals surface area contributed by atoms with Crippen molar-refractivity contribution in [2.24, 2.45) is 0 Å². The van der Waals surface area contributed by atoms with E-state index in [1.54, 1.807) is 4.57 Å². The fraction of sp³-hybridized carbons (Fsp3) is 0.0488. The molecule has 0 spiro atoms. The maximum atomic E-state index is 9.55. The second-order valence-corrected chi connectivity index (χ2v) is 22.7. The van der Waals surface area contributed by atoms with Crippen LogP contribution in [0, 0.1) is 0 Å². The standard InChI is InChI=1S/C82H61N3O/c1-82(2,3)62-52-66(83(80-68(56-26-8-4-9-27-56)41-24-42-69(80)57-28-10-5-11-29-57)63-35-22-34-60(50-63)61-48-49-79-75(51-61)74-40-18-21-47-78(74)86-79)55-67(53-62)84(81-70(58-30-12-6-13-31-58)43-25-44-71(81)59-32-14-7-15-33-59)64-36-23-37-65(54-64)85-76-45-19-16-38-72(76)73-39-17-20-46-77(73)85/h4-55H,1-3H3/i16D,17D,19D,20D,38D,39D,45D,46D. The van der Waals surface area contributed by atoms with Crippen LogP contribution < -0.4 is 9.80 Å². The van der Waals surface area contributed by atoms with Crippen molar-refractivity contribution in [3.8, 4) is 61.3 Å². The van der Waals surface area contributed by atoms with Gasteiger partial charge in [0.05, 0.1) is 33.4 Å². The summed E-state index contributed by atoms with van der Waals surface area (Å²) in [6.07, 6.45) is 0. The third kappa shape index (κ3) is 9.38. The highest BCUT2D eigenvalue weighted by atomic mass is 16.3. The molecule has 0 aliphatic rings. The van der Waals surface area contributed by atoms with Gasteiger partial charge in [0.1, 0.15) is 11.2 Å². The van der Waals surface area contributed by atoms with E-state index >= 15 is 0 Å². The molecule has 0 radical (unpaired) electrons. The number of anilines is 6. The lowest BCUT2D eigenvalue weighted by atomic mass is 9.85. The van der Waals surface area contributed by atoms with Crippen molar-refractivity contribution < 1.29 is 15.4 Å². The summed E-state index contributed by atoms with van der Waals surface area (Å²) < 4.78 is 81.5. The summed E-state index contributed by atoms with van der Waals surface area (Å²) in [4.78, 5) is 4.69. The molecule has 86 heavy (non-hydrogen) atoms. The molecule has 15 rings (SSSR count). The quantitative estimate of drug-likeness (QED) is 0.122. The van der Waals surface area contributed by atoms with E-state index in [4.69, 9.17) is 9.90 Å². The maximum Gasteiger partial charge on any atom is 0.135 e. The van der Waals surface area contributed by atoms with Crippen molar-refractivity contribution in [2.45, 2.75) is 26.2 Å². The first-order valence-corrected chi connectivity index (χ1v) is 29.0. The fourth-order valence-corrected chi connectivity index (χ4v) is 12.3. The zero-order valence-corrected chi connectivity index (χ0v) is 47.7. The van der Waals surface area contributed by atoms with Crippen LogP contribution in [0.1, 0.15) is 37.3 Å². The number of hydrogen-bond donors (Lipinski definition) is 0. The molecule has 2 heterocycles. The summed E-state index contributed by atoms with van der Waals surface area (Å²) >= 11 is 0. The molecule has 13 aromatic carbocycles. The summed E-state index contributed by atoms with van der Waals surface area (Å²) in [7, 11) is 0. The smallest absolute Gasteiger partial charge is 0.135 e. The topological polar surface area (TPSA) is 24.6 Å². The molecule has 0 amide bonds. The maximum absolute atomic E-state index is 9.55. The Labute approximate surface area is 513 Å². The summed E-state index contributed by atoms with van der Waals surface area (Å²) in [5.41, 5.74) is 17.5. The highest BCUT2D eigenvalue weighted by Gasteiger charge is 2.29. The number of para-hydroxylation sites is 5. The zero-order chi connectivity index (χ0) is 64.7. The molecule has 0 saturated carbocycles. The first kappa shape index (κ1) is 43.7. The molecule has 0 unspecified atom stereocenters. The van der Waals surface area contributed by atoms with Gasteiger partial charge < -0.3 is 18.8 Å². The van der Waals surface area contributed by atoms with Gasteiger partial charge in [0.15, 0.2) is 0 Å². The molecule has 0 N–H and O–H groups in total. The number of nitrogens with zero attached hydrogens (tertiary/aromatic N) is 3. The van der Waals surface area contributed by atoms with Crippen molar-refractivity contribution >= 4 is 77.9 Å². The lowest BCUT2D eigenvalue weighted by Crippen LogP contribution is -2.19. The molecule has 4 heteroatoms. The van der Waals surface area contributed by atoms with Crippen molar-refractivity contribution in [3.05, 3.63) is 321 Å². The first-order valence-electron chi connectivity index (χ1n) is 33.0. The normalized spacial score (nSPS) is 13.0. The van der Waals surface area contributed by atoms with Crippen LogP contribution in [0.15, 0.2) is 320 Å². The SMILES string of the molecule is [2H]c1c([2H])c([2H])c2c(c1[2H])c1c([2H])c([2H])c([2H])c([2H])c1n2-c1cccc(N(c2cc(N(c3cccc(-c4ccc5oc6ccccc6c5c4)c3)c3c(-c4ccccc4)cccc3-c3ccccc3)cc(C(C)(C)C)c2)c2c(-c3ccccc3)cccc2-c2ccccc2)c1. The molecule has 0 aliphatic heterocycles. The van der Waals surface area contributed by atoms with Gasteiger partial charge in [-0.05, 0) is 123 Å². The van der Waals surface area contributed by atoms with Crippen LogP contribution in [0.3, 0.4) is 0 Å². The molecule has 0 bridgehead atoms. The average Bonchev–Trinajstić information content (AvgIpc) is 1.51. The van der Waals surface area contributed by atoms with E-state index in [1.807, 2.05) is 91.0 Å². The van der Waals surface area contributed by atoms with E-state index in [9.17, 15) is 5.48 Å². The van der Waals surface area contributed by atoms with E-state index in [1.165, 1.54) is 0 Å².